The Morgan fingerprint density at radius 2 is 2.40 bits per heavy atom. The SMILES string of the molecule is Cc1nc(CNCC2CCCN2)oc1C. The number of oxazole rings is 1. The molecule has 1 atom stereocenters. The van der Waals surface area contributed by atoms with Gasteiger partial charge in [0.15, 0.2) is 0 Å². The van der Waals surface area contributed by atoms with Gasteiger partial charge in [-0.05, 0) is 33.2 Å². The Hall–Kier alpha value is -0.870. The lowest BCUT2D eigenvalue weighted by atomic mass is 10.2. The first-order valence-electron chi connectivity index (χ1n) is 5.62. The summed E-state index contributed by atoms with van der Waals surface area (Å²) in [5.74, 6) is 1.72. The van der Waals surface area contributed by atoms with E-state index in [1.54, 1.807) is 0 Å². The molecule has 1 aromatic heterocycles. The molecule has 1 fully saturated rings. The third kappa shape index (κ3) is 2.79. The minimum atomic E-state index is 0.627. The summed E-state index contributed by atoms with van der Waals surface area (Å²) in [6.45, 7) is 6.81. The molecule has 1 aliphatic heterocycles. The van der Waals surface area contributed by atoms with Crippen LogP contribution in [0.25, 0.3) is 0 Å². The van der Waals surface area contributed by atoms with Crippen molar-refractivity contribution in [3.8, 4) is 0 Å². The molecule has 2 heterocycles. The fourth-order valence-corrected chi connectivity index (χ4v) is 1.90. The van der Waals surface area contributed by atoms with Gasteiger partial charge in [-0.3, -0.25) is 0 Å². The van der Waals surface area contributed by atoms with Gasteiger partial charge in [-0.2, -0.15) is 0 Å². The van der Waals surface area contributed by atoms with Gasteiger partial charge in [-0.25, -0.2) is 4.98 Å². The smallest absolute Gasteiger partial charge is 0.208 e. The molecule has 4 nitrogen and oxygen atoms in total. The second-order valence-corrected chi connectivity index (χ2v) is 4.17. The van der Waals surface area contributed by atoms with Crippen molar-refractivity contribution in [2.24, 2.45) is 0 Å². The highest BCUT2D eigenvalue weighted by Gasteiger charge is 2.13. The van der Waals surface area contributed by atoms with Crippen molar-refractivity contribution in [1.29, 1.82) is 0 Å². The van der Waals surface area contributed by atoms with Crippen LogP contribution in [-0.2, 0) is 6.54 Å². The van der Waals surface area contributed by atoms with Gasteiger partial charge < -0.3 is 15.1 Å². The van der Waals surface area contributed by atoms with Crippen molar-refractivity contribution >= 4 is 0 Å². The zero-order valence-corrected chi connectivity index (χ0v) is 9.47. The molecule has 84 valence electrons. The molecule has 4 heteroatoms. The predicted octanol–water partition coefficient (Wildman–Crippen LogP) is 1.13. The van der Waals surface area contributed by atoms with Crippen molar-refractivity contribution in [2.75, 3.05) is 13.1 Å². The van der Waals surface area contributed by atoms with E-state index in [1.165, 1.54) is 12.8 Å². The largest absolute Gasteiger partial charge is 0.444 e. The summed E-state index contributed by atoms with van der Waals surface area (Å²) in [5, 5.41) is 6.81. The Bertz CT molecular complexity index is 296. The van der Waals surface area contributed by atoms with Crippen LogP contribution in [0.1, 0.15) is 30.2 Å². The molecule has 0 aromatic carbocycles. The highest BCUT2D eigenvalue weighted by atomic mass is 16.4. The molecule has 1 unspecified atom stereocenters. The molecule has 2 N–H and O–H groups in total. The van der Waals surface area contributed by atoms with E-state index in [1.807, 2.05) is 13.8 Å². The molecule has 1 saturated heterocycles. The average molecular weight is 209 g/mol. The summed E-state index contributed by atoms with van der Waals surface area (Å²) < 4.78 is 5.48. The fraction of sp³-hybridized carbons (Fsp3) is 0.727. The van der Waals surface area contributed by atoms with Gasteiger partial charge in [-0.15, -0.1) is 0 Å². The summed E-state index contributed by atoms with van der Waals surface area (Å²) in [6.07, 6.45) is 2.57. The maximum Gasteiger partial charge on any atom is 0.208 e. The number of aryl methyl sites for hydroxylation is 2. The van der Waals surface area contributed by atoms with E-state index in [9.17, 15) is 0 Å². The Morgan fingerprint density at radius 3 is 3.00 bits per heavy atom. The lowest BCUT2D eigenvalue weighted by molar-refractivity contribution is 0.436. The minimum absolute atomic E-state index is 0.627. The van der Waals surface area contributed by atoms with Crippen molar-refractivity contribution < 1.29 is 4.42 Å². The van der Waals surface area contributed by atoms with E-state index in [0.717, 1.165) is 37.0 Å². The van der Waals surface area contributed by atoms with Crippen LogP contribution in [0.3, 0.4) is 0 Å². The Kier molecular flexibility index (Phi) is 3.38. The number of rotatable bonds is 4. The number of hydrogen-bond acceptors (Lipinski definition) is 4. The van der Waals surface area contributed by atoms with Crippen molar-refractivity contribution in [1.82, 2.24) is 15.6 Å². The van der Waals surface area contributed by atoms with Gasteiger partial charge in [0.05, 0.1) is 12.2 Å². The first-order chi connectivity index (χ1) is 7.25. The van der Waals surface area contributed by atoms with Gasteiger partial charge in [0.25, 0.3) is 0 Å². The standard InChI is InChI=1S/C11H19N3O/c1-8-9(2)15-11(14-8)7-12-6-10-4-3-5-13-10/h10,12-13H,3-7H2,1-2H3. The summed E-state index contributed by atoms with van der Waals surface area (Å²) in [6, 6.07) is 0.627. The van der Waals surface area contributed by atoms with Crippen LogP contribution >= 0.6 is 0 Å². The quantitative estimate of drug-likeness (QED) is 0.780. The zero-order valence-electron chi connectivity index (χ0n) is 9.47. The molecule has 0 spiro atoms. The third-order valence-corrected chi connectivity index (χ3v) is 2.90. The highest BCUT2D eigenvalue weighted by molar-refractivity contribution is 5.05. The number of nitrogens with one attached hydrogen (secondary N) is 2. The molecular formula is C11H19N3O. The van der Waals surface area contributed by atoms with Crippen molar-refractivity contribution in [2.45, 2.75) is 39.3 Å². The van der Waals surface area contributed by atoms with Crippen LogP contribution in [0, 0.1) is 13.8 Å². The van der Waals surface area contributed by atoms with Gasteiger partial charge in [0.2, 0.25) is 5.89 Å². The molecule has 1 aliphatic rings. The van der Waals surface area contributed by atoms with E-state index in [-0.39, 0.29) is 0 Å². The van der Waals surface area contributed by atoms with Gasteiger partial charge >= 0.3 is 0 Å². The summed E-state index contributed by atoms with van der Waals surface area (Å²) in [5.41, 5.74) is 0.991. The molecule has 0 radical (unpaired) electrons. The van der Waals surface area contributed by atoms with Crippen LogP contribution in [-0.4, -0.2) is 24.1 Å². The number of hydrogen-bond donors (Lipinski definition) is 2. The molecule has 0 amide bonds. The van der Waals surface area contributed by atoms with E-state index < -0.39 is 0 Å². The van der Waals surface area contributed by atoms with Crippen molar-refractivity contribution in [3.05, 3.63) is 17.3 Å². The van der Waals surface area contributed by atoms with Gasteiger partial charge in [0.1, 0.15) is 5.76 Å². The topological polar surface area (TPSA) is 50.1 Å². The number of aromatic nitrogens is 1. The van der Waals surface area contributed by atoms with E-state index in [4.69, 9.17) is 4.42 Å². The lowest BCUT2D eigenvalue weighted by Crippen LogP contribution is -2.33. The van der Waals surface area contributed by atoms with E-state index in [2.05, 4.69) is 15.6 Å². The normalized spacial score (nSPS) is 21.1. The second kappa shape index (κ2) is 4.77. The molecule has 1 aromatic rings. The Morgan fingerprint density at radius 1 is 1.53 bits per heavy atom. The maximum atomic E-state index is 5.48. The molecular weight excluding hydrogens is 190 g/mol. The Balaban J connectivity index is 1.73. The van der Waals surface area contributed by atoms with Crippen LogP contribution in [0.5, 0.6) is 0 Å². The molecule has 0 saturated carbocycles. The lowest BCUT2D eigenvalue weighted by Gasteiger charge is -2.09. The Labute approximate surface area is 90.5 Å². The second-order valence-electron chi connectivity index (χ2n) is 4.17. The molecule has 2 rings (SSSR count). The fourth-order valence-electron chi connectivity index (χ4n) is 1.90. The van der Waals surface area contributed by atoms with Crippen LogP contribution in [0.15, 0.2) is 4.42 Å². The molecule has 0 bridgehead atoms. The maximum absolute atomic E-state index is 5.48. The molecule has 15 heavy (non-hydrogen) atoms. The van der Waals surface area contributed by atoms with Crippen LogP contribution < -0.4 is 10.6 Å². The summed E-state index contributed by atoms with van der Waals surface area (Å²) in [7, 11) is 0. The highest BCUT2D eigenvalue weighted by Crippen LogP contribution is 2.08. The summed E-state index contributed by atoms with van der Waals surface area (Å²) in [4.78, 5) is 4.32. The zero-order chi connectivity index (χ0) is 10.7. The van der Waals surface area contributed by atoms with E-state index in [0.29, 0.717) is 6.04 Å². The first kappa shape index (κ1) is 10.6. The minimum Gasteiger partial charge on any atom is -0.444 e. The van der Waals surface area contributed by atoms with Crippen molar-refractivity contribution in [3.63, 3.8) is 0 Å². The van der Waals surface area contributed by atoms with Crippen LogP contribution in [0.2, 0.25) is 0 Å². The first-order valence-corrected chi connectivity index (χ1v) is 5.62. The van der Waals surface area contributed by atoms with E-state index >= 15 is 0 Å². The third-order valence-electron chi connectivity index (χ3n) is 2.90. The molecule has 0 aliphatic carbocycles. The average Bonchev–Trinajstić information content (AvgIpc) is 2.79. The predicted molar refractivity (Wildman–Crippen MR) is 58.7 cm³/mol. The van der Waals surface area contributed by atoms with Crippen LogP contribution in [0.4, 0.5) is 0 Å². The monoisotopic (exact) mass is 209 g/mol. The number of nitrogens with zero attached hydrogens (tertiary/aromatic N) is 1. The van der Waals surface area contributed by atoms with Gasteiger partial charge in [0, 0.05) is 12.6 Å². The van der Waals surface area contributed by atoms with Gasteiger partial charge in [-0.1, -0.05) is 0 Å². The summed E-state index contributed by atoms with van der Waals surface area (Å²) >= 11 is 0.